The summed E-state index contributed by atoms with van der Waals surface area (Å²) >= 11 is 0. The number of benzene rings is 1. The smallest absolute Gasteiger partial charge is 0.118 e. The van der Waals surface area contributed by atoms with Crippen molar-refractivity contribution < 1.29 is 4.74 Å². The third kappa shape index (κ3) is 3.01. The Bertz CT molecular complexity index is 424. The van der Waals surface area contributed by atoms with Gasteiger partial charge in [-0.15, -0.1) is 0 Å². The van der Waals surface area contributed by atoms with E-state index in [1.807, 2.05) is 0 Å². The summed E-state index contributed by atoms with van der Waals surface area (Å²) in [5, 5.41) is 3.56. The summed E-state index contributed by atoms with van der Waals surface area (Å²) in [6.07, 6.45) is 3.95. The molecule has 1 aliphatic carbocycles. The average Bonchev–Trinajstić information content (AvgIpc) is 2.46. The fourth-order valence-electron chi connectivity index (χ4n) is 3.80. The standard InChI is InChI=1S/C18H29NO/c1-13-6-11-16(17(12-13)19-4)18(2,3)14-7-9-15(20-5)10-8-14/h7-10,13,16-17,19H,6,11-12H2,1-5H3. The lowest BCUT2D eigenvalue weighted by molar-refractivity contribution is 0.151. The first kappa shape index (κ1) is 15.4. The summed E-state index contributed by atoms with van der Waals surface area (Å²) < 4.78 is 5.27. The lowest BCUT2D eigenvalue weighted by atomic mass is 9.63. The third-order valence-corrected chi connectivity index (χ3v) is 5.24. The van der Waals surface area contributed by atoms with Crippen molar-refractivity contribution in [2.45, 2.75) is 51.5 Å². The lowest BCUT2D eigenvalue weighted by Crippen LogP contribution is -2.47. The first-order valence-electron chi connectivity index (χ1n) is 7.80. The molecule has 1 aromatic carbocycles. The van der Waals surface area contributed by atoms with Crippen LogP contribution in [-0.4, -0.2) is 20.2 Å². The van der Waals surface area contributed by atoms with E-state index in [1.165, 1.54) is 24.8 Å². The highest BCUT2D eigenvalue weighted by molar-refractivity contribution is 5.32. The minimum atomic E-state index is 0.195. The number of ether oxygens (including phenoxy) is 1. The van der Waals surface area contributed by atoms with E-state index in [4.69, 9.17) is 4.74 Å². The molecule has 2 heteroatoms. The summed E-state index contributed by atoms with van der Waals surface area (Å²) in [6.45, 7) is 7.15. The average molecular weight is 275 g/mol. The maximum atomic E-state index is 5.27. The van der Waals surface area contributed by atoms with Crippen LogP contribution in [0.1, 0.15) is 45.6 Å². The predicted molar refractivity (Wildman–Crippen MR) is 85.4 cm³/mol. The topological polar surface area (TPSA) is 21.3 Å². The third-order valence-electron chi connectivity index (χ3n) is 5.24. The van der Waals surface area contributed by atoms with Crippen molar-refractivity contribution in [1.29, 1.82) is 0 Å². The highest BCUT2D eigenvalue weighted by atomic mass is 16.5. The fourth-order valence-corrected chi connectivity index (χ4v) is 3.80. The first-order valence-corrected chi connectivity index (χ1v) is 7.80. The maximum absolute atomic E-state index is 5.27. The van der Waals surface area contributed by atoms with E-state index in [-0.39, 0.29) is 5.41 Å². The van der Waals surface area contributed by atoms with E-state index < -0.39 is 0 Å². The molecule has 0 bridgehead atoms. The van der Waals surface area contributed by atoms with E-state index in [0.717, 1.165) is 11.7 Å². The van der Waals surface area contributed by atoms with Crippen LogP contribution >= 0.6 is 0 Å². The van der Waals surface area contributed by atoms with Crippen molar-refractivity contribution >= 4 is 0 Å². The Hall–Kier alpha value is -1.02. The number of methoxy groups -OCH3 is 1. The molecule has 112 valence electrons. The second kappa shape index (κ2) is 6.17. The zero-order chi connectivity index (χ0) is 14.8. The van der Waals surface area contributed by atoms with Crippen molar-refractivity contribution in [3.05, 3.63) is 29.8 Å². The van der Waals surface area contributed by atoms with E-state index in [1.54, 1.807) is 7.11 Å². The van der Waals surface area contributed by atoms with E-state index in [2.05, 4.69) is 57.4 Å². The molecule has 1 saturated carbocycles. The Kier molecular flexibility index (Phi) is 4.74. The zero-order valence-corrected chi connectivity index (χ0v) is 13.6. The summed E-state index contributed by atoms with van der Waals surface area (Å²) in [5.74, 6) is 2.47. The predicted octanol–water partition coefficient (Wildman–Crippen LogP) is 4.00. The monoisotopic (exact) mass is 275 g/mol. The molecule has 1 aromatic rings. The van der Waals surface area contributed by atoms with Gasteiger partial charge >= 0.3 is 0 Å². The van der Waals surface area contributed by atoms with Gasteiger partial charge < -0.3 is 10.1 Å². The van der Waals surface area contributed by atoms with Gasteiger partial charge in [-0.2, -0.15) is 0 Å². The Morgan fingerprint density at radius 2 is 1.80 bits per heavy atom. The van der Waals surface area contributed by atoms with Crippen LogP contribution in [0.5, 0.6) is 5.75 Å². The number of hydrogen-bond acceptors (Lipinski definition) is 2. The molecule has 1 aliphatic rings. The van der Waals surface area contributed by atoms with Crippen molar-refractivity contribution in [2.24, 2.45) is 11.8 Å². The van der Waals surface area contributed by atoms with E-state index >= 15 is 0 Å². The number of nitrogens with one attached hydrogen (secondary N) is 1. The van der Waals surface area contributed by atoms with Gasteiger partial charge in [-0.05, 0) is 54.8 Å². The molecule has 0 heterocycles. The highest BCUT2D eigenvalue weighted by Crippen LogP contribution is 2.42. The van der Waals surface area contributed by atoms with Crippen molar-refractivity contribution in [3.8, 4) is 5.75 Å². The largest absolute Gasteiger partial charge is 0.497 e. The Labute approximate surface area is 123 Å². The summed E-state index contributed by atoms with van der Waals surface area (Å²) in [4.78, 5) is 0. The number of hydrogen-bond donors (Lipinski definition) is 1. The molecule has 0 saturated heterocycles. The minimum absolute atomic E-state index is 0.195. The lowest BCUT2D eigenvalue weighted by Gasteiger charge is -2.44. The van der Waals surface area contributed by atoms with Gasteiger partial charge in [0.2, 0.25) is 0 Å². The van der Waals surface area contributed by atoms with Gasteiger partial charge in [0, 0.05) is 6.04 Å². The normalized spacial score (nSPS) is 27.4. The molecule has 0 spiro atoms. The molecule has 0 radical (unpaired) electrons. The molecule has 0 amide bonds. The quantitative estimate of drug-likeness (QED) is 0.897. The molecule has 1 N–H and O–H groups in total. The Morgan fingerprint density at radius 3 is 2.35 bits per heavy atom. The van der Waals surface area contributed by atoms with Gasteiger partial charge in [-0.3, -0.25) is 0 Å². The van der Waals surface area contributed by atoms with Crippen molar-refractivity contribution in [2.75, 3.05) is 14.2 Å². The van der Waals surface area contributed by atoms with Gasteiger partial charge in [-0.25, -0.2) is 0 Å². The molecule has 3 unspecified atom stereocenters. The maximum Gasteiger partial charge on any atom is 0.118 e. The van der Waals surface area contributed by atoms with Crippen LogP contribution in [0, 0.1) is 11.8 Å². The minimum Gasteiger partial charge on any atom is -0.497 e. The SMILES string of the molecule is CNC1CC(C)CCC1C(C)(C)c1ccc(OC)cc1. The van der Waals surface area contributed by atoms with Crippen LogP contribution in [0.3, 0.4) is 0 Å². The molecule has 2 nitrogen and oxygen atoms in total. The molecule has 0 aliphatic heterocycles. The van der Waals surface area contributed by atoms with Crippen LogP contribution in [0.25, 0.3) is 0 Å². The second-order valence-corrected chi connectivity index (χ2v) is 6.87. The van der Waals surface area contributed by atoms with Crippen molar-refractivity contribution in [1.82, 2.24) is 5.32 Å². The van der Waals surface area contributed by atoms with Gasteiger partial charge in [0.1, 0.15) is 5.75 Å². The van der Waals surface area contributed by atoms with Crippen LogP contribution < -0.4 is 10.1 Å². The van der Waals surface area contributed by atoms with Crippen LogP contribution in [0.4, 0.5) is 0 Å². The molecular weight excluding hydrogens is 246 g/mol. The zero-order valence-electron chi connectivity index (χ0n) is 13.6. The summed E-state index contributed by atoms with van der Waals surface area (Å²) in [5.41, 5.74) is 1.61. The van der Waals surface area contributed by atoms with Gasteiger partial charge in [-0.1, -0.05) is 39.3 Å². The van der Waals surface area contributed by atoms with Gasteiger partial charge in [0.05, 0.1) is 7.11 Å². The first-order chi connectivity index (χ1) is 9.48. The number of rotatable bonds is 4. The molecule has 20 heavy (non-hydrogen) atoms. The van der Waals surface area contributed by atoms with E-state index in [0.29, 0.717) is 12.0 Å². The van der Waals surface area contributed by atoms with Crippen LogP contribution in [-0.2, 0) is 5.41 Å². The molecule has 0 aromatic heterocycles. The van der Waals surface area contributed by atoms with Crippen molar-refractivity contribution in [3.63, 3.8) is 0 Å². The Morgan fingerprint density at radius 1 is 1.15 bits per heavy atom. The van der Waals surface area contributed by atoms with E-state index in [9.17, 15) is 0 Å². The van der Waals surface area contributed by atoms with Gasteiger partial charge in [0.25, 0.3) is 0 Å². The molecule has 1 fully saturated rings. The van der Waals surface area contributed by atoms with Gasteiger partial charge in [0.15, 0.2) is 0 Å². The second-order valence-electron chi connectivity index (χ2n) is 6.87. The fraction of sp³-hybridized carbons (Fsp3) is 0.667. The van der Waals surface area contributed by atoms with Crippen LogP contribution in [0.15, 0.2) is 24.3 Å². The molecular formula is C18H29NO. The Balaban J connectivity index is 2.22. The summed E-state index contributed by atoms with van der Waals surface area (Å²) in [7, 11) is 3.83. The molecule has 2 rings (SSSR count). The highest BCUT2D eigenvalue weighted by Gasteiger charge is 2.39. The molecule has 3 atom stereocenters. The summed E-state index contributed by atoms with van der Waals surface area (Å²) in [6, 6.07) is 9.23. The van der Waals surface area contributed by atoms with Crippen LogP contribution in [0.2, 0.25) is 0 Å².